The highest BCUT2D eigenvalue weighted by molar-refractivity contribution is 9.10. The van der Waals surface area contributed by atoms with Gasteiger partial charge in [0.25, 0.3) is 0 Å². The third-order valence-electron chi connectivity index (χ3n) is 10.1. The van der Waals surface area contributed by atoms with Crippen LogP contribution in [-0.2, 0) is 13.1 Å². The fraction of sp³-hybridized carbons (Fsp3) is 0.286. The van der Waals surface area contributed by atoms with Crippen molar-refractivity contribution in [3.63, 3.8) is 0 Å². The highest BCUT2D eigenvalue weighted by atomic mass is 79.9. The van der Waals surface area contributed by atoms with E-state index in [-0.39, 0.29) is 0 Å². The molecule has 7 aromatic rings. The van der Waals surface area contributed by atoms with Gasteiger partial charge >= 0.3 is 0 Å². The monoisotopic (exact) mass is 754 g/mol. The Hall–Kier alpha value is -4.74. The Morgan fingerprint density at radius 1 is 0.615 bits per heavy atom. The zero-order chi connectivity index (χ0) is 35.4. The Bertz CT molecular complexity index is 2270. The van der Waals surface area contributed by atoms with E-state index in [1.165, 1.54) is 68.6 Å². The Morgan fingerprint density at radius 2 is 1.13 bits per heavy atom. The highest BCUT2D eigenvalue weighted by Gasteiger charge is 2.14. The third kappa shape index (κ3) is 7.71. The molecule has 2 fully saturated rings. The van der Waals surface area contributed by atoms with Gasteiger partial charge in [0.05, 0.1) is 23.0 Å². The van der Waals surface area contributed by atoms with E-state index in [0.29, 0.717) is 0 Å². The van der Waals surface area contributed by atoms with Crippen LogP contribution in [0.1, 0.15) is 55.4 Å². The van der Waals surface area contributed by atoms with Crippen LogP contribution < -0.4 is 0 Å². The Balaban J connectivity index is 0.000000156. The van der Waals surface area contributed by atoms with Crippen LogP contribution in [-0.4, -0.2) is 70.3 Å². The van der Waals surface area contributed by atoms with Crippen LogP contribution in [0.25, 0.3) is 44.7 Å². The number of likely N-dealkylation sites (tertiary alicyclic amines) is 2. The van der Waals surface area contributed by atoms with E-state index in [9.17, 15) is 5.11 Å². The fourth-order valence-corrected chi connectivity index (χ4v) is 7.57. The molecule has 0 aliphatic carbocycles. The summed E-state index contributed by atoms with van der Waals surface area (Å²) in [5.41, 5.74) is 11.7. The number of hydrogen-bond acceptors (Lipinski definition) is 7. The zero-order valence-electron chi connectivity index (χ0n) is 29.4. The minimum Gasteiger partial charge on any atom is -0.389 e. The van der Waals surface area contributed by atoms with Crippen molar-refractivity contribution in [2.24, 2.45) is 0 Å². The Morgan fingerprint density at radius 3 is 1.69 bits per heavy atom. The second-order valence-corrected chi connectivity index (χ2v) is 14.8. The van der Waals surface area contributed by atoms with Crippen molar-refractivity contribution in [2.45, 2.75) is 51.8 Å². The van der Waals surface area contributed by atoms with Crippen LogP contribution in [0.5, 0.6) is 0 Å². The first-order valence-corrected chi connectivity index (χ1v) is 19.0. The second kappa shape index (κ2) is 15.5. The summed E-state index contributed by atoms with van der Waals surface area (Å²) >= 11 is 3.45. The lowest BCUT2D eigenvalue weighted by Crippen LogP contribution is -2.18. The average molecular weight is 756 g/mol. The number of aliphatic hydroxyl groups excluding tert-OH is 1. The second-order valence-electron chi connectivity index (χ2n) is 13.9. The number of fused-ring (bicyclic) bond motifs is 2. The molecule has 0 bridgehead atoms. The first-order chi connectivity index (χ1) is 25.5. The lowest BCUT2D eigenvalue weighted by Gasteiger charge is -2.14. The predicted octanol–water partition coefficient (Wildman–Crippen LogP) is 8.47. The quantitative estimate of drug-likeness (QED) is 0.167. The maximum atomic E-state index is 9.88. The lowest BCUT2D eigenvalue weighted by molar-refractivity contribution is 0.199. The van der Waals surface area contributed by atoms with Crippen molar-refractivity contribution in [3.05, 3.63) is 131 Å². The minimum absolute atomic E-state index is 0.500. The molecule has 0 saturated carbocycles. The van der Waals surface area contributed by atoms with Gasteiger partial charge in [0, 0.05) is 54.6 Å². The molecule has 0 spiro atoms. The summed E-state index contributed by atoms with van der Waals surface area (Å²) in [5, 5.41) is 18.7. The molecule has 4 aromatic heterocycles. The summed E-state index contributed by atoms with van der Waals surface area (Å²) < 4.78 is 4.55. The number of nitrogens with zero attached hydrogens (tertiary/aromatic N) is 8. The standard InChI is InChI=1S/C25H26N4O.C17H17BrN4/c1-18(30)21-5-4-6-22(13-21)24-15-27-29-17-23(14-26-25(24)29)20-9-7-19(8-10-20)16-28-11-2-3-12-28;18-16-10-20-22-12-15(9-19-17(16)22)14-5-3-13(4-6-14)11-21-7-1-2-8-21/h4-10,13-15,17-18,30H,2-3,11-12,16H2,1H3;3-6,9-10,12H,1-2,7-8,11H2. The molecule has 2 aliphatic rings. The van der Waals surface area contributed by atoms with Crippen molar-refractivity contribution in [1.82, 2.24) is 39.0 Å². The molecule has 1 unspecified atom stereocenters. The van der Waals surface area contributed by atoms with E-state index in [0.717, 1.165) is 62.2 Å². The number of aliphatic hydroxyl groups is 1. The van der Waals surface area contributed by atoms with E-state index in [2.05, 4.69) is 89.4 Å². The van der Waals surface area contributed by atoms with Crippen LogP contribution in [0.4, 0.5) is 0 Å². The number of hydrogen-bond donors (Lipinski definition) is 1. The van der Waals surface area contributed by atoms with Gasteiger partial charge in [-0.3, -0.25) is 9.80 Å². The van der Waals surface area contributed by atoms with E-state index in [4.69, 9.17) is 4.98 Å². The largest absolute Gasteiger partial charge is 0.389 e. The Labute approximate surface area is 312 Å². The number of halogens is 1. The van der Waals surface area contributed by atoms with Gasteiger partial charge in [-0.05, 0) is 114 Å². The fourth-order valence-electron chi connectivity index (χ4n) is 7.19. The maximum absolute atomic E-state index is 9.88. The van der Waals surface area contributed by atoms with Crippen molar-refractivity contribution >= 4 is 27.2 Å². The first-order valence-electron chi connectivity index (χ1n) is 18.2. The van der Waals surface area contributed by atoms with Gasteiger partial charge in [0.15, 0.2) is 11.3 Å². The van der Waals surface area contributed by atoms with Crippen LogP contribution >= 0.6 is 15.9 Å². The molecule has 9 rings (SSSR count). The molecule has 1 atom stereocenters. The van der Waals surface area contributed by atoms with Gasteiger partial charge in [-0.2, -0.15) is 10.2 Å². The van der Waals surface area contributed by atoms with E-state index in [1.54, 1.807) is 17.6 Å². The van der Waals surface area contributed by atoms with E-state index >= 15 is 0 Å². The summed E-state index contributed by atoms with van der Waals surface area (Å²) in [6.07, 6.45) is 16.3. The van der Waals surface area contributed by atoms with E-state index in [1.807, 2.05) is 59.8 Å². The number of benzene rings is 3. The van der Waals surface area contributed by atoms with Crippen molar-refractivity contribution in [1.29, 1.82) is 0 Å². The molecule has 0 radical (unpaired) electrons. The predicted molar refractivity (Wildman–Crippen MR) is 210 cm³/mol. The molecule has 264 valence electrons. The summed E-state index contributed by atoms with van der Waals surface area (Å²) in [6, 6.07) is 25.5. The Kier molecular flexibility index (Phi) is 10.2. The smallest absolute Gasteiger partial charge is 0.169 e. The molecule has 3 aromatic carbocycles. The van der Waals surface area contributed by atoms with Gasteiger partial charge in [-0.15, -0.1) is 0 Å². The van der Waals surface area contributed by atoms with Gasteiger partial charge in [-0.25, -0.2) is 19.0 Å². The lowest BCUT2D eigenvalue weighted by atomic mass is 10.0. The van der Waals surface area contributed by atoms with Crippen molar-refractivity contribution in [2.75, 3.05) is 26.2 Å². The summed E-state index contributed by atoms with van der Waals surface area (Å²) in [5.74, 6) is 0. The molecule has 6 heterocycles. The summed E-state index contributed by atoms with van der Waals surface area (Å²) in [4.78, 5) is 14.2. The van der Waals surface area contributed by atoms with Gasteiger partial charge < -0.3 is 5.11 Å². The van der Waals surface area contributed by atoms with Gasteiger partial charge in [-0.1, -0.05) is 66.7 Å². The summed E-state index contributed by atoms with van der Waals surface area (Å²) in [6.45, 7) is 8.76. The normalized spacial score (nSPS) is 15.7. The van der Waals surface area contributed by atoms with Crippen molar-refractivity contribution in [3.8, 4) is 33.4 Å². The molecule has 2 aliphatic heterocycles. The third-order valence-corrected chi connectivity index (χ3v) is 10.7. The maximum Gasteiger partial charge on any atom is 0.169 e. The summed E-state index contributed by atoms with van der Waals surface area (Å²) in [7, 11) is 0. The van der Waals surface area contributed by atoms with Crippen LogP contribution in [0.2, 0.25) is 0 Å². The van der Waals surface area contributed by atoms with Crippen LogP contribution in [0.3, 0.4) is 0 Å². The zero-order valence-corrected chi connectivity index (χ0v) is 31.0. The van der Waals surface area contributed by atoms with Gasteiger partial charge in [0.1, 0.15) is 0 Å². The minimum atomic E-state index is -0.500. The molecular weight excluding hydrogens is 712 g/mol. The number of rotatable bonds is 8. The SMILES string of the molecule is Brc1cnn2cc(-c3ccc(CN4CCCC4)cc3)cnc12.CC(O)c1cccc(-c2cnn3cc(-c4ccc(CN5CCCC5)cc4)cnc23)c1. The average Bonchev–Trinajstić information content (AvgIpc) is 4.02. The van der Waals surface area contributed by atoms with Crippen LogP contribution in [0, 0.1) is 0 Å². The molecule has 10 heteroatoms. The van der Waals surface area contributed by atoms with Crippen molar-refractivity contribution < 1.29 is 5.11 Å². The number of aromatic nitrogens is 6. The molecule has 2 saturated heterocycles. The molecule has 52 heavy (non-hydrogen) atoms. The topological polar surface area (TPSA) is 87.1 Å². The first kappa shape index (κ1) is 34.4. The van der Waals surface area contributed by atoms with Crippen LogP contribution in [0.15, 0.2) is 114 Å². The molecular formula is C42H43BrN8O. The highest BCUT2D eigenvalue weighted by Crippen LogP contribution is 2.28. The van der Waals surface area contributed by atoms with Gasteiger partial charge in [0.2, 0.25) is 0 Å². The molecule has 0 amide bonds. The molecule has 1 N–H and O–H groups in total. The molecule has 9 nitrogen and oxygen atoms in total. The van der Waals surface area contributed by atoms with E-state index < -0.39 is 6.10 Å².